The number of hydrogen-bond donors (Lipinski definition) is 0. The highest BCUT2D eigenvalue weighted by Gasteiger charge is 2.02. The third kappa shape index (κ3) is 4.83. The van der Waals surface area contributed by atoms with Gasteiger partial charge in [0.15, 0.2) is 0 Å². The lowest BCUT2D eigenvalue weighted by Gasteiger charge is -2.11. The van der Waals surface area contributed by atoms with Crippen molar-refractivity contribution < 1.29 is 0 Å². The van der Waals surface area contributed by atoms with Gasteiger partial charge in [0.25, 0.3) is 0 Å². The van der Waals surface area contributed by atoms with Crippen LogP contribution in [0.2, 0.25) is 0 Å². The van der Waals surface area contributed by atoms with Gasteiger partial charge in [0, 0.05) is 4.47 Å². The van der Waals surface area contributed by atoms with Crippen LogP contribution in [0.15, 0.2) is 28.7 Å². The van der Waals surface area contributed by atoms with Crippen molar-refractivity contribution in [1.82, 2.24) is 0 Å². The third-order valence-corrected chi connectivity index (χ3v) is 3.67. The van der Waals surface area contributed by atoms with E-state index in [2.05, 4.69) is 54.0 Å². The topological polar surface area (TPSA) is 0 Å². The first-order valence-electron chi connectivity index (χ1n) is 6.00. The molecule has 0 amide bonds. The average Bonchev–Trinajstić information content (AvgIpc) is 2.27. The van der Waals surface area contributed by atoms with Crippen LogP contribution in [0.3, 0.4) is 0 Å². The van der Waals surface area contributed by atoms with E-state index in [0.29, 0.717) is 0 Å². The first-order valence-corrected chi connectivity index (χ1v) is 6.80. The van der Waals surface area contributed by atoms with E-state index in [1.54, 1.807) is 0 Å². The predicted octanol–water partition coefficient (Wildman–Crippen LogP) is 5.21. The van der Waals surface area contributed by atoms with Crippen molar-refractivity contribution in [2.75, 3.05) is 0 Å². The van der Waals surface area contributed by atoms with Gasteiger partial charge in [-0.2, -0.15) is 0 Å². The molecule has 1 rings (SSSR count). The lowest BCUT2D eigenvalue weighted by molar-refractivity contribution is 0.441. The Hall–Kier alpha value is -0.300. The van der Waals surface area contributed by atoms with E-state index in [0.717, 1.165) is 5.92 Å². The third-order valence-electron chi connectivity index (χ3n) is 3.15. The standard InChI is InChI=1S/C14H21Br/c1-3-12(4-2)6-5-7-13-8-10-14(15)11-9-13/h8-12H,3-7H2,1-2H3. The van der Waals surface area contributed by atoms with Gasteiger partial charge in [0.05, 0.1) is 0 Å². The van der Waals surface area contributed by atoms with Crippen LogP contribution < -0.4 is 0 Å². The molecular formula is C14H21Br. The van der Waals surface area contributed by atoms with Crippen molar-refractivity contribution in [1.29, 1.82) is 0 Å². The zero-order valence-corrected chi connectivity index (χ0v) is 11.4. The summed E-state index contributed by atoms with van der Waals surface area (Å²) in [6, 6.07) is 8.70. The first-order chi connectivity index (χ1) is 7.26. The van der Waals surface area contributed by atoms with Crippen molar-refractivity contribution in [3.05, 3.63) is 34.3 Å². The summed E-state index contributed by atoms with van der Waals surface area (Å²) >= 11 is 3.46. The summed E-state index contributed by atoms with van der Waals surface area (Å²) in [5.41, 5.74) is 1.46. The lowest BCUT2D eigenvalue weighted by Crippen LogP contribution is -1.97. The molecule has 1 aromatic rings. The molecule has 1 heteroatoms. The van der Waals surface area contributed by atoms with Crippen molar-refractivity contribution in [3.63, 3.8) is 0 Å². The molecule has 0 aliphatic heterocycles. The smallest absolute Gasteiger partial charge is 0.0175 e. The van der Waals surface area contributed by atoms with E-state index in [1.165, 1.54) is 42.1 Å². The van der Waals surface area contributed by atoms with Crippen molar-refractivity contribution >= 4 is 15.9 Å². The van der Waals surface area contributed by atoms with Crippen LogP contribution in [0.25, 0.3) is 0 Å². The molecule has 84 valence electrons. The maximum Gasteiger partial charge on any atom is 0.0175 e. The monoisotopic (exact) mass is 268 g/mol. The van der Waals surface area contributed by atoms with Gasteiger partial charge >= 0.3 is 0 Å². The van der Waals surface area contributed by atoms with Crippen LogP contribution in [-0.4, -0.2) is 0 Å². The van der Waals surface area contributed by atoms with E-state index in [4.69, 9.17) is 0 Å². The number of benzene rings is 1. The van der Waals surface area contributed by atoms with Crippen LogP contribution in [0, 0.1) is 5.92 Å². The zero-order chi connectivity index (χ0) is 11.1. The molecule has 0 aromatic heterocycles. The number of halogens is 1. The van der Waals surface area contributed by atoms with Gasteiger partial charge < -0.3 is 0 Å². The fourth-order valence-electron chi connectivity index (χ4n) is 1.94. The maximum atomic E-state index is 3.46. The predicted molar refractivity (Wildman–Crippen MR) is 71.2 cm³/mol. The van der Waals surface area contributed by atoms with Crippen LogP contribution in [-0.2, 0) is 6.42 Å². The second-order valence-corrected chi connectivity index (χ2v) is 5.12. The molecule has 0 atom stereocenters. The molecule has 0 N–H and O–H groups in total. The summed E-state index contributed by atoms with van der Waals surface area (Å²) < 4.78 is 1.17. The molecule has 0 spiro atoms. The molecule has 0 saturated heterocycles. The van der Waals surface area contributed by atoms with Crippen molar-refractivity contribution in [2.24, 2.45) is 5.92 Å². The van der Waals surface area contributed by atoms with Crippen LogP contribution >= 0.6 is 15.9 Å². The Kier molecular flexibility index (Phi) is 6.00. The highest BCUT2D eigenvalue weighted by atomic mass is 79.9. The first kappa shape index (κ1) is 12.8. The van der Waals surface area contributed by atoms with Crippen LogP contribution in [0.4, 0.5) is 0 Å². The highest BCUT2D eigenvalue weighted by molar-refractivity contribution is 9.10. The summed E-state index contributed by atoms with van der Waals surface area (Å²) in [6.07, 6.45) is 6.59. The Balaban J connectivity index is 2.28. The van der Waals surface area contributed by atoms with Gasteiger partial charge in [-0.15, -0.1) is 0 Å². The maximum absolute atomic E-state index is 3.46. The minimum absolute atomic E-state index is 0.931. The Labute approximate surface area is 102 Å². The molecule has 15 heavy (non-hydrogen) atoms. The lowest BCUT2D eigenvalue weighted by atomic mass is 9.95. The molecule has 0 saturated carbocycles. The van der Waals surface area contributed by atoms with Crippen molar-refractivity contribution in [3.8, 4) is 0 Å². The van der Waals surface area contributed by atoms with Gasteiger partial charge in [-0.25, -0.2) is 0 Å². The van der Waals surface area contributed by atoms with Gasteiger partial charge in [0.1, 0.15) is 0 Å². The molecule has 0 heterocycles. The van der Waals surface area contributed by atoms with E-state index in [9.17, 15) is 0 Å². The molecule has 0 bridgehead atoms. The van der Waals surface area contributed by atoms with Crippen LogP contribution in [0.5, 0.6) is 0 Å². The second-order valence-electron chi connectivity index (χ2n) is 4.20. The van der Waals surface area contributed by atoms with Gasteiger partial charge in [0.2, 0.25) is 0 Å². The quantitative estimate of drug-likeness (QED) is 0.665. The Morgan fingerprint density at radius 2 is 1.67 bits per heavy atom. The van der Waals surface area contributed by atoms with E-state index >= 15 is 0 Å². The van der Waals surface area contributed by atoms with E-state index in [-0.39, 0.29) is 0 Å². The Morgan fingerprint density at radius 1 is 1.07 bits per heavy atom. The number of rotatable bonds is 6. The molecule has 0 fully saturated rings. The molecular weight excluding hydrogens is 248 g/mol. The van der Waals surface area contributed by atoms with Gasteiger partial charge in [-0.3, -0.25) is 0 Å². The molecule has 0 radical (unpaired) electrons. The summed E-state index contributed by atoms with van der Waals surface area (Å²) in [6.45, 7) is 4.60. The summed E-state index contributed by atoms with van der Waals surface area (Å²) in [4.78, 5) is 0. The molecule has 0 aliphatic rings. The SMILES string of the molecule is CCC(CC)CCCc1ccc(Br)cc1. The Bertz CT molecular complexity index is 259. The summed E-state index contributed by atoms with van der Waals surface area (Å²) in [5, 5.41) is 0. The molecule has 0 nitrogen and oxygen atoms in total. The number of hydrogen-bond acceptors (Lipinski definition) is 0. The largest absolute Gasteiger partial charge is 0.0651 e. The van der Waals surface area contributed by atoms with Gasteiger partial charge in [-0.1, -0.05) is 61.2 Å². The summed E-state index contributed by atoms with van der Waals surface area (Å²) in [5.74, 6) is 0.931. The molecule has 1 aromatic carbocycles. The zero-order valence-electron chi connectivity index (χ0n) is 9.80. The summed E-state index contributed by atoms with van der Waals surface area (Å²) in [7, 11) is 0. The Morgan fingerprint density at radius 3 is 2.20 bits per heavy atom. The average molecular weight is 269 g/mol. The van der Waals surface area contributed by atoms with Crippen molar-refractivity contribution in [2.45, 2.75) is 46.0 Å². The minimum Gasteiger partial charge on any atom is -0.0651 e. The molecule has 0 aliphatic carbocycles. The fraction of sp³-hybridized carbons (Fsp3) is 0.571. The van der Waals surface area contributed by atoms with E-state index in [1.807, 2.05) is 0 Å². The highest BCUT2D eigenvalue weighted by Crippen LogP contribution is 2.17. The van der Waals surface area contributed by atoms with Gasteiger partial charge in [-0.05, 0) is 36.5 Å². The fourth-order valence-corrected chi connectivity index (χ4v) is 2.21. The second kappa shape index (κ2) is 7.05. The molecule has 0 unspecified atom stereocenters. The van der Waals surface area contributed by atoms with Crippen LogP contribution in [0.1, 0.15) is 45.1 Å². The normalized spacial score (nSPS) is 10.9. The minimum atomic E-state index is 0.931. The number of aryl methyl sites for hydroxylation is 1. The van der Waals surface area contributed by atoms with E-state index < -0.39 is 0 Å².